The number of nitrogens with two attached hydrogens (primary N) is 1. The van der Waals surface area contributed by atoms with Gasteiger partial charge in [0, 0.05) is 32.4 Å². The van der Waals surface area contributed by atoms with Crippen LogP contribution in [0.2, 0.25) is 0 Å². The molecule has 0 amide bonds. The molecular formula is C12H20N4O2S. The fraction of sp³-hybridized carbons (Fsp3) is 0.583. The van der Waals surface area contributed by atoms with Crippen LogP contribution in [0.1, 0.15) is 5.56 Å². The second kappa shape index (κ2) is 5.85. The van der Waals surface area contributed by atoms with E-state index in [0.717, 1.165) is 37.6 Å². The summed E-state index contributed by atoms with van der Waals surface area (Å²) in [5.41, 5.74) is 0.945. The summed E-state index contributed by atoms with van der Waals surface area (Å²) in [6.07, 6.45) is 2.16. The quantitative estimate of drug-likeness (QED) is 0.818. The molecule has 2 heterocycles. The zero-order chi connectivity index (χ0) is 13.9. The first-order chi connectivity index (χ1) is 8.96. The number of nitrogens with zero attached hydrogens (tertiary/aromatic N) is 3. The van der Waals surface area contributed by atoms with Gasteiger partial charge in [-0.05, 0) is 25.1 Å². The molecular weight excluding hydrogens is 264 g/mol. The normalized spacial score (nSPS) is 17.7. The number of piperazine rings is 1. The monoisotopic (exact) mass is 284 g/mol. The van der Waals surface area contributed by atoms with E-state index in [-0.39, 0.29) is 5.75 Å². The third-order valence-electron chi connectivity index (χ3n) is 3.33. The maximum Gasteiger partial charge on any atom is 0.209 e. The van der Waals surface area contributed by atoms with Crippen molar-refractivity contribution in [1.82, 2.24) is 9.88 Å². The van der Waals surface area contributed by atoms with Crippen molar-refractivity contribution < 1.29 is 8.42 Å². The number of aryl methyl sites for hydroxylation is 1. The van der Waals surface area contributed by atoms with Gasteiger partial charge in [-0.1, -0.05) is 6.07 Å². The first kappa shape index (κ1) is 14.2. The van der Waals surface area contributed by atoms with E-state index in [0.29, 0.717) is 6.42 Å². The Morgan fingerprint density at radius 2 is 2.00 bits per heavy atom. The van der Waals surface area contributed by atoms with Crippen LogP contribution >= 0.6 is 0 Å². The van der Waals surface area contributed by atoms with Crippen molar-refractivity contribution in [3.05, 3.63) is 23.9 Å². The lowest BCUT2D eigenvalue weighted by Gasteiger charge is -2.34. The second-order valence-electron chi connectivity index (χ2n) is 4.89. The molecule has 1 aromatic heterocycles. The highest BCUT2D eigenvalue weighted by Gasteiger charge is 2.18. The van der Waals surface area contributed by atoms with Gasteiger partial charge in [0.15, 0.2) is 0 Å². The van der Waals surface area contributed by atoms with Crippen molar-refractivity contribution in [3.63, 3.8) is 0 Å². The molecule has 0 saturated carbocycles. The Labute approximate surface area is 114 Å². The highest BCUT2D eigenvalue weighted by Crippen LogP contribution is 2.19. The highest BCUT2D eigenvalue weighted by atomic mass is 32.2. The Morgan fingerprint density at radius 1 is 1.32 bits per heavy atom. The minimum absolute atomic E-state index is 0.0422. The number of hydrogen-bond donors (Lipinski definition) is 1. The fourth-order valence-corrected chi connectivity index (χ4v) is 2.69. The van der Waals surface area contributed by atoms with Gasteiger partial charge in [-0.25, -0.2) is 18.5 Å². The number of sulfonamides is 1. The lowest BCUT2D eigenvalue weighted by atomic mass is 10.2. The predicted molar refractivity (Wildman–Crippen MR) is 75.6 cm³/mol. The van der Waals surface area contributed by atoms with Gasteiger partial charge in [0.05, 0.1) is 5.75 Å². The van der Waals surface area contributed by atoms with Gasteiger partial charge < -0.3 is 9.80 Å². The van der Waals surface area contributed by atoms with Gasteiger partial charge in [0.25, 0.3) is 0 Å². The van der Waals surface area contributed by atoms with Crippen LogP contribution in [0.4, 0.5) is 5.82 Å². The molecule has 7 heteroatoms. The summed E-state index contributed by atoms with van der Waals surface area (Å²) >= 11 is 0. The summed E-state index contributed by atoms with van der Waals surface area (Å²) in [7, 11) is -1.34. The standard InChI is InChI=1S/C12H20N4O2S/c1-15-6-8-16(9-7-15)12-11(3-2-5-14-12)4-10-19(13,17)18/h2-3,5H,4,6-10H2,1H3,(H2,13,17,18). The zero-order valence-electron chi connectivity index (χ0n) is 11.1. The lowest BCUT2D eigenvalue weighted by molar-refractivity contribution is 0.312. The Balaban J connectivity index is 2.12. The molecule has 1 saturated heterocycles. The van der Waals surface area contributed by atoms with Gasteiger partial charge in [0.2, 0.25) is 10.0 Å². The number of pyridine rings is 1. The first-order valence-electron chi connectivity index (χ1n) is 6.33. The van der Waals surface area contributed by atoms with Crippen LogP contribution in [-0.2, 0) is 16.4 Å². The first-order valence-corrected chi connectivity index (χ1v) is 8.05. The van der Waals surface area contributed by atoms with Gasteiger partial charge in [0.1, 0.15) is 5.82 Å². The summed E-state index contributed by atoms with van der Waals surface area (Å²) in [5, 5.41) is 5.06. The lowest BCUT2D eigenvalue weighted by Crippen LogP contribution is -2.45. The van der Waals surface area contributed by atoms with Crippen LogP contribution in [0.25, 0.3) is 0 Å². The van der Waals surface area contributed by atoms with E-state index in [1.54, 1.807) is 6.20 Å². The fourth-order valence-electron chi connectivity index (χ4n) is 2.18. The Bertz CT molecular complexity index is 524. The summed E-state index contributed by atoms with van der Waals surface area (Å²) in [6.45, 7) is 3.81. The molecule has 2 rings (SSSR count). The Morgan fingerprint density at radius 3 is 2.63 bits per heavy atom. The van der Waals surface area contributed by atoms with E-state index in [1.807, 2.05) is 12.1 Å². The van der Waals surface area contributed by atoms with E-state index in [4.69, 9.17) is 5.14 Å². The van der Waals surface area contributed by atoms with Gasteiger partial charge >= 0.3 is 0 Å². The molecule has 0 aliphatic carbocycles. The number of rotatable bonds is 4. The topological polar surface area (TPSA) is 79.5 Å². The average Bonchev–Trinajstić information content (AvgIpc) is 2.37. The van der Waals surface area contributed by atoms with Crippen LogP contribution in [0.5, 0.6) is 0 Å². The van der Waals surface area contributed by atoms with Crippen LogP contribution in [0.15, 0.2) is 18.3 Å². The molecule has 2 N–H and O–H groups in total. The molecule has 0 spiro atoms. The van der Waals surface area contributed by atoms with E-state index in [9.17, 15) is 8.42 Å². The zero-order valence-corrected chi connectivity index (χ0v) is 11.9. The van der Waals surface area contributed by atoms with Crippen LogP contribution in [0.3, 0.4) is 0 Å². The van der Waals surface area contributed by atoms with E-state index in [2.05, 4.69) is 21.8 Å². The van der Waals surface area contributed by atoms with E-state index in [1.165, 1.54) is 0 Å². The van der Waals surface area contributed by atoms with E-state index >= 15 is 0 Å². The van der Waals surface area contributed by atoms with E-state index < -0.39 is 10.0 Å². The number of anilines is 1. The molecule has 0 bridgehead atoms. The Hall–Kier alpha value is -1.18. The largest absolute Gasteiger partial charge is 0.354 e. The number of likely N-dealkylation sites (N-methyl/N-ethyl adjacent to an activating group) is 1. The summed E-state index contributed by atoms with van der Waals surface area (Å²) in [5.74, 6) is 0.846. The smallest absolute Gasteiger partial charge is 0.209 e. The molecule has 1 aromatic rings. The molecule has 106 valence electrons. The number of aromatic nitrogens is 1. The molecule has 19 heavy (non-hydrogen) atoms. The molecule has 0 unspecified atom stereocenters. The number of hydrogen-bond acceptors (Lipinski definition) is 5. The second-order valence-corrected chi connectivity index (χ2v) is 6.63. The van der Waals surface area contributed by atoms with Crippen LogP contribution in [0, 0.1) is 0 Å². The van der Waals surface area contributed by atoms with Crippen LogP contribution < -0.4 is 10.0 Å². The molecule has 1 fully saturated rings. The van der Waals surface area contributed by atoms with Gasteiger partial charge in [-0.2, -0.15) is 0 Å². The molecule has 1 aliphatic rings. The molecule has 1 aliphatic heterocycles. The number of primary sulfonamides is 1. The third-order valence-corrected chi connectivity index (χ3v) is 4.10. The van der Waals surface area contributed by atoms with Crippen molar-refractivity contribution in [2.24, 2.45) is 5.14 Å². The van der Waals surface area contributed by atoms with Crippen molar-refractivity contribution in [3.8, 4) is 0 Å². The predicted octanol–water partition coefficient (Wildman–Crippen LogP) is -0.336. The maximum atomic E-state index is 11.1. The summed E-state index contributed by atoms with van der Waals surface area (Å²) in [4.78, 5) is 8.87. The van der Waals surface area contributed by atoms with Gasteiger partial charge in [-0.3, -0.25) is 0 Å². The average molecular weight is 284 g/mol. The minimum Gasteiger partial charge on any atom is -0.354 e. The Kier molecular flexibility index (Phi) is 4.38. The minimum atomic E-state index is -3.43. The van der Waals surface area contributed by atoms with Gasteiger partial charge in [-0.15, -0.1) is 0 Å². The van der Waals surface area contributed by atoms with Crippen molar-refractivity contribution in [2.75, 3.05) is 43.9 Å². The molecule has 6 nitrogen and oxygen atoms in total. The maximum absolute atomic E-state index is 11.1. The third kappa shape index (κ3) is 4.15. The molecule has 0 radical (unpaired) electrons. The summed E-state index contributed by atoms with van der Waals surface area (Å²) in [6, 6.07) is 3.75. The van der Waals surface area contributed by atoms with Crippen molar-refractivity contribution >= 4 is 15.8 Å². The highest BCUT2D eigenvalue weighted by molar-refractivity contribution is 7.89. The van der Waals surface area contributed by atoms with Crippen molar-refractivity contribution in [2.45, 2.75) is 6.42 Å². The molecule has 0 atom stereocenters. The van der Waals surface area contributed by atoms with Crippen molar-refractivity contribution in [1.29, 1.82) is 0 Å². The molecule has 0 aromatic carbocycles. The van der Waals surface area contributed by atoms with Crippen LogP contribution in [-0.4, -0.2) is 57.3 Å². The summed E-state index contributed by atoms with van der Waals surface area (Å²) < 4.78 is 22.1. The SMILES string of the molecule is CN1CCN(c2ncccc2CCS(N)(=O)=O)CC1.